The third-order valence-corrected chi connectivity index (χ3v) is 9.56. The predicted octanol–water partition coefficient (Wildman–Crippen LogP) is 5.35. The van der Waals surface area contributed by atoms with Crippen LogP contribution in [0.1, 0.15) is 54.5 Å². The van der Waals surface area contributed by atoms with Gasteiger partial charge in [0.2, 0.25) is 11.8 Å². The summed E-state index contributed by atoms with van der Waals surface area (Å²) in [6, 6.07) is 13.0. The fourth-order valence-electron chi connectivity index (χ4n) is 5.93. The molecule has 11 nitrogen and oxygen atoms in total. The summed E-state index contributed by atoms with van der Waals surface area (Å²) in [5, 5.41) is 0. The molecule has 47 heavy (non-hydrogen) atoms. The van der Waals surface area contributed by atoms with Crippen LogP contribution in [0.2, 0.25) is 0 Å². The maximum atomic E-state index is 14.3. The highest BCUT2D eigenvalue weighted by molar-refractivity contribution is 7.92. The Morgan fingerprint density at radius 3 is 2.34 bits per heavy atom. The highest BCUT2D eigenvalue weighted by Gasteiger charge is 2.32. The number of anilines is 2. The zero-order valence-corrected chi connectivity index (χ0v) is 27.9. The third-order valence-electron chi connectivity index (χ3n) is 8.24. The number of rotatable bonds is 5. The van der Waals surface area contributed by atoms with E-state index in [9.17, 15) is 17.6 Å². The molecule has 4 bridgehead atoms. The number of ether oxygens (including phenoxy) is 1. The number of nitrogens with one attached hydrogen (secondary N) is 1. The average Bonchev–Trinajstić information content (AvgIpc) is 2.99. The zero-order chi connectivity index (χ0) is 33.5. The SMILES string of the molecule is Cc1cccc(C)c1-c1cc2nc(n1)NS(=O)(=O)c1cccc(c1)C(=O)N(Cc1ncc(N3CC(F)C3)cn1)[C@H](CC(C)(C)C)CO2. The van der Waals surface area contributed by atoms with Crippen molar-refractivity contribution in [2.24, 2.45) is 5.41 Å². The van der Waals surface area contributed by atoms with E-state index in [4.69, 9.17) is 4.74 Å². The molecule has 1 atom stereocenters. The molecule has 6 rings (SSSR count). The van der Waals surface area contributed by atoms with Crippen molar-refractivity contribution in [2.75, 3.05) is 29.3 Å². The molecule has 4 aromatic rings. The Hall–Kier alpha value is -4.65. The van der Waals surface area contributed by atoms with Gasteiger partial charge in [0.05, 0.1) is 54.3 Å². The molecule has 2 aliphatic heterocycles. The molecule has 1 saturated heterocycles. The predicted molar refractivity (Wildman–Crippen MR) is 177 cm³/mol. The number of carbonyl (C=O) groups excluding carboxylic acids is 1. The van der Waals surface area contributed by atoms with Crippen molar-refractivity contribution in [3.05, 3.63) is 83.4 Å². The van der Waals surface area contributed by atoms with Gasteiger partial charge in [-0.2, -0.15) is 4.98 Å². The van der Waals surface area contributed by atoms with Crippen molar-refractivity contribution in [1.82, 2.24) is 24.8 Å². The van der Waals surface area contributed by atoms with E-state index >= 15 is 0 Å². The second-order valence-electron chi connectivity index (χ2n) is 13.3. The molecule has 13 heteroatoms. The standard InChI is InChI=1S/C34H38FN7O4S/c1-21-8-6-9-22(2)31(21)28-13-30-39-33(38-28)40-47(44,45)27-11-7-10-23(12-27)32(43)42(25(20-46-30)14-34(3,4)5)19-29-36-15-26(16-37-29)41-17-24(35)18-41/h6-13,15-16,24-25H,14,17-20H2,1-5H3,(H,38,39,40)/t25-/m1/s1. The number of halogens is 1. The summed E-state index contributed by atoms with van der Waals surface area (Å²) in [5.74, 6) is 0.00245. The summed E-state index contributed by atoms with van der Waals surface area (Å²) in [4.78, 5) is 35.7. The molecule has 0 aliphatic carbocycles. The number of aromatic nitrogens is 4. The summed E-state index contributed by atoms with van der Waals surface area (Å²) in [7, 11) is -4.19. The lowest BCUT2D eigenvalue weighted by molar-refractivity contribution is 0.0505. The van der Waals surface area contributed by atoms with E-state index in [0.717, 1.165) is 16.7 Å². The van der Waals surface area contributed by atoms with E-state index in [0.29, 0.717) is 36.7 Å². The lowest BCUT2D eigenvalue weighted by Crippen LogP contribution is -2.48. The summed E-state index contributed by atoms with van der Waals surface area (Å²) in [6.07, 6.45) is 2.94. The molecule has 0 unspecified atom stereocenters. The molecule has 0 spiro atoms. The monoisotopic (exact) mass is 659 g/mol. The van der Waals surface area contributed by atoms with Crippen LogP contribution in [0.25, 0.3) is 11.3 Å². The smallest absolute Gasteiger partial charge is 0.264 e. The van der Waals surface area contributed by atoms with Crippen LogP contribution in [0.5, 0.6) is 5.88 Å². The second-order valence-corrected chi connectivity index (χ2v) is 15.0. The topological polar surface area (TPSA) is 131 Å². The zero-order valence-electron chi connectivity index (χ0n) is 27.1. The fourth-order valence-corrected chi connectivity index (χ4v) is 6.92. The van der Waals surface area contributed by atoms with Crippen LogP contribution >= 0.6 is 0 Å². The molecule has 4 heterocycles. The first kappa shape index (κ1) is 32.3. The maximum Gasteiger partial charge on any atom is 0.264 e. The van der Waals surface area contributed by atoms with Crippen molar-refractivity contribution in [1.29, 1.82) is 0 Å². The average molecular weight is 660 g/mol. The van der Waals surface area contributed by atoms with Crippen molar-refractivity contribution >= 4 is 27.6 Å². The van der Waals surface area contributed by atoms with E-state index in [2.05, 4.69) is 45.4 Å². The van der Waals surface area contributed by atoms with Gasteiger partial charge >= 0.3 is 0 Å². The van der Waals surface area contributed by atoms with Crippen LogP contribution in [0.4, 0.5) is 16.0 Å². The minimum absolute atomic E-state index is 0.0346. The van der Waals surface area contributed by atoms with Crippen LogP contribution < -0.4 is 14.4 Å². The van der Waals surface area contributed by atoms with Gasteiger partial charge in [-0.1, -0.05) is 45.0 Å². The molecule has 1 N–H and O–H groups in total. The van der Waals surface area contributed by atoms with Crippen LogP contribution in [0, 0.1) is 19.3 Å². The first-order chi connectivity index (χ1) is 22.3. The van der Waals surface area contributed by atoms with Crippen molar-refractivity contribution in [3.63, 3.8) is 0 Å². The van der Waals surface area contributed by atoms with Gasteiger partial charge in [0.15, 0.2) is 0 Å². The van der Waals surface area contributed by atoms with Crippen LogP contribution in [0.15, 0.2) is 65.8 Å². The molecular weight excluding hydrogens is 621 g/mol. The van der Waals surface area contributed by atoms with E-state index in [1.54, 1.807) is 29.4 Å². The summed E-state index contributed by atoms with van der Waals surface area (Å²) >= 11 is 0. The van der Waals surface area contributed by atoms with Gasteiger partial charge in [-0.3, -0.25) is 4.79 Å². The number of hydrogen-bond donors (Lipinski definition) is 1. The lowest BCUT2D eigenvalue weighted by atomic mass is 9.87. The number of amides is 1. The van der Waals surface area contributed by atoms with Gasteiger partial charge in [-0.15, -0.1) is 0 Å². The Balaban J connectivity index is 1.44. The van der Waals surface area contributed by atoms with Gasteiger partial charge in [0, 0.05) is 17.2 Å². The first-order valence-electron chi connectivity index (χ1n) is 15.5. The molecule has 0 saturated carbocycles. The minimum Gasteiger partial charge on any atom is -0.475 e. The molecule has 0 radical (unpaired) electrons. The normalized spacial score (nSPS) is 18.3. The largest absolute Gasteiger partial charge is 0.475 e. The van der Waals surface area contributed by atoms with Crippen molar-refractivity contribution in [3.8, 4) is 17.1 Å². The molecule has 1 fully saturated rings. The number of nitrogens with zero attached hydrogens (tertiary/aromatic N) is 6. The highest BCUT2D eigenvalue weighted by atomic mass is 32.2. The molecule has 2 aromatic heterocycles. The fraction of sp³-hybridized carbons (Fsp3) is 0.382. The summed E-state index contributed by atoms with van der Waals surface area (Å²) in [6.45, 7) is 10.8. The quantitative estimate of drug-likeness (QED) is 0.301. The number of hydrogen-bond acceptors (Lipinski definition) is 9. The van der Waals surface area contributed by atoms with Gasteiger partial charge in [-0.25, -0.2) is 32.5 Å². The Bertz CT molecular complexity index is 1890. The van der Waals surface area contributed by atoms with E-state index < -0.39 is 28.1 Å². The number of aryl methyl sites for hydroxylation is 2. The van der Waals surface area contributed by atoms with Crippen molar-refractivity contribution < 1.29 is 22.3 Å². The van der Waals surface area contributed by atoms with E-state index in [1.807, 2.05) is 36.9 Å². The molecule has 2 aromatic carbocycles. The summed E-state index contributed by atoms with van der Waals surface area (Å²) < 4.78 is 49.5. The Kier molecular flexibility index (Phi) is 8.60. The highest BCUT2D eigenvalue weighted by Crippen LogP contribution is 2.32. The van der Waals surface area contributed by atoms with Gasteiger partial charge in [0.1, 0.15) is 18.6 Å². The minimum atomic E-state index is -4.19. The number of alkyl halides is 1. The Labute approximate surface area is 274 Å². The van der Waals surface area contributed by atoms with E-state index in [1.165, 1.54) is 18.2 Å². The molecule has 246 valence electrons. The lowest BCUT2D eigenvalue weighted by Gasteiger charge is -2.36. The molecular formula is C34H38FN7O4S. The third kappa shape index (κ3) is 7.19. The Morgan fingerprint density at radius 2 is 1.68 bits per heavy atom. The number of carbonyl (C=O) groups is 1. The maximum absolute atomic E-state index is 14.3. The number of sulfonamides is 1. The van der Waals surface area contributed by atoms with Crippen LogP contribution in [-0.2, 0) is 16.6 Å². The van der Waals surface area contributed by atoms with Gasteiger partial charge in [-0.05, 0) is 55.0 Å². The number of fused-ring (bicyclic) bond motifs is 4. The van der Waals surface area contributed by atoms with Gasteiger partial charge in [0.25, 0.3) is 15.9 Å². The number of benzene rings is 2. The van der Waals surface area contributed by atoms with Crippen molar-refractivity contribution in [2.45, 2.75) is 64.7 Å². The molecule has 1 amide bonds. The Morgan fingerprint density at radius 1 is 1.00 bits per heavy atom. The molecule has 2 aliphatic rings. The van der Waals surface area contributed by atoms with Crippen LogP contribution in [0.3, 0.4) is 0 Å². The summed E-state index contributed by atoms with van der Waals surface area (Å²) in [5.41, 5.74) is 3.93. The first-order valence-corrected chi connectivity index (χ1v) is 17.0. The van der Waals surface area contributed by atoms with Crippen LogP contribution in [-0.4, -0.2) is 71.1 Å². The van der Waals surface area contributed by atoms with E-state index in [-0.39, 0.29) is 40.9 Å². The second kappa shape index (κ2) is 12.5. The van der Waals surface area contributed by atoms with Gasteiger partial charge < -0.3 is 14.5 Å².